The molecule has 120 valence electrons. The first-order valence-corrected chi connectivity index (χ1v) is 7.90. The van der Waals surface area contributed by atoms with E-state index in [1.165, 1.54) is 6.21 Å². The lowest BCUT2D eigenvalue weighted by molar-refractivity contribution is -0.149. The zero-order valence-electron chi connectivity index (χ0n) is 12.5. The van der Waals surface area contributed by atoms with Gasteiger partial charge in [-0.05, 0) is 46.5 Å². The van der Waals surface area contributed by atoms with Crippen molar-refractivity contribution >= 4 is 29.6 Å². The van der Waals surface area contributed by atoms with E-state index in [9.17, 15) is 19.2 Å². The minimum atomic E-state index is -1.39. The fourth-order valence-corrected chi connectivity index (χ4v) is 2.89. The molecule has 1 aliphatic rings. The molecule has 21 heavy (non-hydrogen) atoms. The van der Waals surface area contributed by atoms with Crippen LogP contribution in [0, 0.1) is 0 Å². The third-order valence-corrected chi connectivity index (χ3v) is 4.89. The van der Waals surface area contributed by atoms with Crippen LogP contribution in [0.1, 0.15) is 46.5 Å². The van der Waals surface area contributed by atoms with Gasteiger partial charge < -0.3 is 14.8 Å². The Morgan fingerprint density at radius 2 is 2.05 bits per heavy atom. The lowest BCUT2D eigenvalue weighted by Gasteiger charge is -2.32. The van der Waals surface area contributed by atoms with Gasteiger partial charge in [-0.2, -0.15) is 0 Å². The lowest BCUT2D eigenvalue weighted by Crippen LogP contribution is -2.52. The number of hydrogen-bond acceptors (Lipinski definition) is 4. The van der Waals surface area contributed by atoms with E-state index in [1.54, 1.807) is 20.8 Å². The van der Waals surface area contributed by atoms with E-state index in [2.05, 4.69) is 4.40 Å². The average Bonchev–Trinajstić information content (AvgIpc) is 2.78. The van der Waals surface area contributed by atoms with Gasteiger partial charge in [0.25, 0.3) is 0 Å². The maximum atomic E-state index is 11.7. The van der Waals surface area contributed by atoms with Crippen molar-refractivity contribution in [3.63, 3.8) is 0 Å². The van der Waals surface area contributed by atoms with Crippen LogP contribution in [0.25, 0.3) is 0 Å². The largest absolute Gasteiger partial charge is 0.591 e. The third kappa shape index (κ3) is 4.10. The summed E-state index contributed by atoms with van der Waals surface area (Å²) in [6.07, 6.45) is 1.46. The highest BCUT2D eigenvalue weighted by Crippen LogP contribution is 2.34. The minimum absolute atomic E-state index is 0.138. The number of amides is 1. The van der Waals surface area contributed by atoms with Gasteiger partial charge in [-0.3, -0.25) is 4.90 Å². The van der Waals surface area contributed by atoms with Gasteiger partial charge >= 0.3 is 12.1 Å². The summed E-state index contributed by atoms with van der Waals surface area (Å²) in [5.74, 6) is -1.13. The van der Waals surface area contributed by atoms with Crippen molar-refractivity contribution in [1.29, 1.82) is 0 Å². The van der Waals surface area contributed by atoms with E-state index in [-0.39, 0.29) is 19.4 Å². The highest BCUT2D eigenvalue weighted by molar-refractivity contribution is 7.91. The van der Waals surface area contributed by atoms with Crippen molar-refractivity contribution < 1.29 is 24.4 Å². The van der Waals surface area contributed by atoms with Crippen LogP contribution in [0.4, 0.5) is 4.79 Å². The number of carbonyl (C=O) groups is 2. The zero-order valence-corrected chi connectivity index (χ0v) is 13.4. The Hall–Kier alpha value is -1.28. The molecule has 7 nitrogen and oxygen atoms in total. The molecular weight excluding hydrogens is 296 g/mol. The molecule has 0 bridgehead atoms. The predicted octanol–water partition coefficient (Wildman–Crippen LogP) is 1.90. The van der Waals surface area contributed by atoms with Crippen molar-refractivity contribution in [2.45, 2.75) is 56.7 Å². The van der Waals surface area contributed by atoms with Crippen molar-refractivity contribution in [1.82, 2.24) is 4.90 Å². The van der Waals surface area contributed by atoms with Crippen molar-refractivity contribution in [2.24, 2.45) is 4.40 Å². The molecule has 0 radical (unpaired) electrons. The molecule has 0 unspecified atom stereocenters. The zero-order chi connectivity index (χ0) is 16.3. The molecule has 1 aliphatic heterocycles. The fraction of sp³-hybridized carbons (Fsp3) is 0.769. The molecule has 0 saturated carbocycles. The topological polar surface area (TPSA) is 113 Å². The van der Waals surface area contributed by atoms with Crippen molar-refractivity contribution in [3.8, 4) is 0 Å². The number of aliphatic carboxylic acids is 1. The van der Waals surface area contributed by atoms with Gasteiger partial charge in [-0.25, -0.2) is 9.59 Å². The van der Waals surface area contributed by atoms with Gasteiger partial charge in [0.15, 0.2) is 0 Å². The Kier molecular flexibility index (Phi) is 5.63. The number of nitrogens with zero attached hydrogens (tertiary/aromatic N) is 2. The molecule has 2 atom stereocenters. The summed E-state index contributed by atoms with van der Waals surface area (Å²) in [7, 11) is 0. The van der Waals surface area contributed by atoms with E-state index >= 15 is 0 Å². The Bertz CT molecular complexity index is 435. The van der Waals surface area contributed by atoms with Crippen LogP contribution in [0.5, 0.6) is 0 Å². The summed E-state index contributed by atoms with van der Waals surface area (Å²) < 4.78 is 15.2. The molecule has 0 aliphatic carbocycles. The van der Waals surface area contributed by atoms with Gasteiger partial charge in [0.05, 0.1) is 6.21 Å². The highest BCUT2D eigenvalue weighted by atomic mass is 32.2. The first-order valence-electron chi connectivity index (χ1n) is 6.80. The standard InChI is InChI=1S/C13H22N2O5S/c1-12(2,3)21(20)14-8-4-6-13(10(16)17)7-5-9-15(13)11(18)19/h8H,4-7,9H2,1-3H3,(H,16,17)(H,18,19)/b14-8+/t13-,21-/m0/s1. The molecule has 1 saturated heterocycles. The summed E-state index contributed by atoms with van der Waals surface area (Å²) in [4.78, 5) is 23.7. The Morgan fingerprint density at radius 1 is 1.43 bits per heavy atom. The average molecular weight is 318 g/mol. The molecule has 1 heterocycles. The van der Waals surface area contributed by atoms with E-state index in [0.29, 0.717) is 12.8 Å². The van der Waals surface area contributed by atoms with Crippen molar-refractivity contribution in [2.75, 3.05) is 6.54 Å². The third-order valence-electron chi connectivity index (χ3n) is 3.50. The fourth-order valence-electron chi connectivity index (χ4n) is 2.33. The van der Waals surface area contributed by atoms with Gasteiger partial charge in [0, 0.05) is 6.54 Å². The lowest BCUT2D eigenvalue weighted by atomic mass is 9.91. The normalized spacial score (nSPS) is 24.5. The SMILES string of the molecule is CC(C)(C)[S@+]([O-])/N=C/CC[C@@]1(C(=O)O)CCCN1C(=O)O. The van der Waals surface area contributed by atoms with Crippen LogP contribution < -0.4 is 0 Å². The predicted molar refractivity (Wildman–Crippen MR) is 80.0 cm³/mol. The maximum absolute atomic E-state index is 11.7. The second-order valence-electron chi connectivity index (χ2n) is 6.06. The molecular formula is C13H22N2O5S. The molecule has 1 rings (SSSR count). The first kappa shape index (κ1) is 17.8. The smallest absolute Gasteiger partial charge is 0.408 e. The number of likely N-dealkylation sites (tertiary alicyclic amines) is 1. The highest BCUT2D eigenvalue weighted by Gasteiger charge is 2.49. The van der Waals surface area contributed by atoms with Crippen LogP contribution in [-0.4, -0.2) is 54.8 Å². The summed E-state index contributed by atoms with van der Waals surface area (Å²) in [6, 6.07) is 0. The van der Waals surface area contributed by atoms with E-state index < -0.39 is 33.7 Å². The van der Waals surface area contributed by atoms with Gasteiger partial charge in [-0.1, -0.05) is 4.40 Å². The van der Waals surface area contributed by atoms with Crippen LogP contribution >= 0.6 is 0 Å². The minimum Gasteiger partial charge on any atom is -0.591 e. The molecule has 1 fully saturated rings. The van der Waals surface area contributed by atoms with Crippen LogP contribution in [0.15, 0.2) is 4.40 Å². The Labute approximate surface area is 127 Å². The summed E-state index contributed by atoms with van der Waals surface area (Å²) in [5, 5.41) is 18.5. The number of carboxylic acid groups (broad SMARTS) is 2. The second-order valence-corrected chi connectivity index (χ2v) is 8.00. The van der Waals surface area contributed by atoms with Gasteiger partial charge in [0.2, 0.25) is 0 Å². The van der Waals surface area contributed by atoms with E-state index in [0.717, 1.165) is 4.90 Å². The molecule has 0 aromatic carbocycles. The summed E-state index contributed by atoms with van der Waals surface area (Å²) >= 11 is -1.39. The maximum Gasteiger partial charge on any atom is 0.408 e. The number of rotatable bonds is 5. The summed E-state index contributed by atoms with van der Waals surface area (Å²) in [6.45, 7) is 5.61. The molecule has 8 heteroatoms. The Balaban J connectivity index is 2.71. The summed E-state index contributed by atoms with van der Waals surface area (Å²) in [5.41, 5.74) is -1.39. The first-order chi connectivity index (χ1) is 9.61. The van der Waals surface area contributed by atoms with E-state index in [4.69, 9.17) is 5.11 Å². The molecule has 0 aromatic rings. The van der Waals surface area contributed by atoms with E-state index in [1.807, 2.05) is 0 Å². The van der Waals surface area contributed by atoms with Crippen LogP contribution in [0.2, 0.25) is 0 Å². The number of hydrogen-bond donors (Lipinski definition) is 2. The van der Waals surface area contributed by atoms with Crippen LogP contribution in [-0.2, 0) is 16.2 Å². The molecule has 1 amide bonds. The monoisotopic (exact) mass is 318 g/mol. The van der Waals surface area contributed by atoms with Crippen LogP contribution in [0.3, 0.4) is 0 Å². The quantitative estimate of drug-likeness (QED) is 0.593. The molecule has 2 N–H and O–H groups in total. The number of carboxylic acids is 1. The van der Waals surface area contributed by atoms with Gasteiger partial charge in [-0.15, -0.1) is 0 Å². The molecule has 0 aromatic heterocycles. The second kappa shape index (κ2) is 6.65. The van der Waals surface area contributed by atoms with Gasteiger partial charge in [0.1, 0.15) is 21.6 Å². The molecule has 0 spiro atoms. The van der Waals surface area contributed by atoms with Crippen molar-refractivity contribution in [3.05, 3.63) is 0 Å². The Morgan fingerprint density at radius 3 is 2.52 bits per heavy atom.